The molecule has 0 aliphatic carbocycles. The third kappa shape index (κ3) is 1.12. The second-order valence-corrected chi connectivity index (χ2v) is 2.42. The van der Waals surface area contributed by atoms with Crippen LogP contribution in [-0.4, -0.2) is 35.2 Å². The molecule has 1 unspecified atom stereocenters. The lowest BCUT2D eigenvalue weighted by molar-refractivity contribution is -0.129. The molecule has 1 fully saturated rings. The second-order valence-electron chi connectivity index (χ2n) is 2.42. The van der Waals surface area contributed by atoms with E-state index in [0.29, 0.717) is 6.42 Å². The predicted molar refractivity (Wildman–Crippen MR) is 36.0 cm³/mol. The molecule has 1 aliphatic rings. The topological polar surface area (TPSA) is 66.6 Å². The Kier molecular flexibility index (Phi) is 2.24. The minimum Gasteiger partial charge on any atom is -0.394 e. The fourth-order valence-electron chi connectivity index (χ4n) is 1.23. The normalized spacial score (nSPS) is 26.0. The standard InChI is InChI=1S/C6H12N2O2/c7-4-8-5(3-9)1-2-6(8)10/h5,9H,1-4,7H2. The summed E-state index contributed by atoms with van der Waals surface area (Å²) >= 11 is 0. The number of hydrogen-bond acceptors (Lipinski definition) is 3. The maximum Gasteiger partial charge on any atom is 0.223 e. The Morgan fingerprint density at radius 3 is 2.90 bits per heavy atom. The summed E-state index contributed by atoms with van der Waals surface area (Å²) in [5, 5.41) is 8.74. The molecular weight excluding hydrogens is 132 g/mol. The van der Waals surface area contributed by atoms with Gasteiger partial charge in [0.2, 0.25) is 5.91 Å². The van der Waals surface area contributed by atoms with Crippen LogP contribution in [0.5, 0.6) is 0 Å². The number of carbonyl (C=O) groups excluding carboxylic acids is 1. The van der Waals surface area contributed by atoms with Gasteiger partial charge < -0.3 is 15.7 Å². The zero-order valence-corrected chi connectivity index (χ0v) is 5.79. The molecule has 1 atom stereocenters. The number of nitrogens with two attached hydrogens (primary N) is 1. The van der Waals surface area contributed by atoms with E-state index in [4.69, 9.17) is 10.8 Å². The van der Waals surface area contributed by atoms with Crippen LogP contribution in [0.2, 0.25) is 0 Å². The highest BCUT2D eigenvalue weighted by Crippen LogP contribution is 2.15. The molecule has 0 bridgehead atoms. The first-order chi connectivity index (χ1) is 4.79. The van der Waals surface area contributed by atoms with Crippen molar-refractivity contribution in [1.82, 2.24) is 4.90 Å². The summed E-state index contributed by atoms with van der Waals surface area (Å²) in [6.45, 7) is 0.257. The van der Waals surface area contributed by atoms with Crippen LogP contribution < -0.4 is 5.73 Å². The minimum atomic E-state index is -0.0301. The average Bonchev–Trinajstić information content (AvgIpc) is 2.30. The van der Waals surface area contributed by atoms with Crippen molar-refractivity contribution in [1.29, 1.82) is 0 Å². The van der Waals surface area contributed by atoms with Crippen molar-refractivity contribution in [3.63, 3.8) is 0 Å². The summed E-state index contributed by atoms with van der Waals surface area (Å²) in [7, 11) is 0. The Morgan fingerprint density at radius 1 is 1.80 bits per heavy atom. The Morgan fingerprint density at radius 2 is 2.50 bits per heavy atom. The molecule has 1 saturated heterocycles. The molecule has 1 amide bonds. The van der Waals surface area contributed by atoms with Crippen LogP contribution in [0.4, 0.5) is 0 Å². The van der Waals surface area contributed by atoms with Crippen molar-refractivity contribution in [2.24, 2.45) is 5.73 Å². The zero-order chi connectivity index (χ0) is 7.56. The van der Waals surface area contributed by atoms with Crippen molar-refractivity contribution >= 4 is 5.91 Å². The zero-order valence-electron chi connectivity index (χ0n) is 5.79. The Balaban J connectivity index is 2.54. The monoisotopic (exact) mass is 144 g/mol. The van der Waals surface area contributed by atoms with Crippen LogP contribution in [0.25, 0.3) is 0 Å². The number of likely N-dealkylation sites (tertiary alicyclic amines) is 1. The largest absolute Gasteiger partial charge is 0.394 e. The molecule has 10 heavy (non-hydrogen) atoms. The second kappa shape index (κ2) is 2.98. The van der Waals surface area contributed by atoms with Gasteiger partial charge in [0.1, 0.15) is 0 Å². The number of rotatable bonds is 2. The fourth-order valence-corrected chi connectivity index (χ4v) is 1.23. The maximum atomic E-state index is 10.9. The summed E-state index contributed by atoms with van der Waals surface area (Å²) < 4.78 is 0. The molecule has 1 heterocycles. The molecule has 4 nitrogen and oxygen atoms in total. The summed E-state index contributed by atoms with van der Waals surface area (Å²) in [6.07, 6.45) is 1.27. The Bertz CT molecular complexity index is 138. The minimum absolute atomic E-state index is 0.0301. The fraction of sp³-hybridized carbons (Fsp3) is 0.833. The van der Waals surface area contributed by atoms with Crippen molar-refractivity contribution in [3.8, 4) is 0 Å². The van der Waals surface area contributed by atoms with Crippen LogP contribution in [0.1, 0.15) is 12.8 Å². The van der Waals surface area contributed by atoms with Gasteiger partial charge in [0.05, 0.1) is 19.3 Å². The summed E-state index contributed by atoms with van der Waals surface area (Å²) in [5.74, 6) is 0.0570. The first-order valence-electron chi connectivity index (χ1n) is 3.40. The summed E-state index contributed by atoms with van der Waals surface area (Å²) in [4.78, 5) is 12.4. The van der Waals surface area contributed by atoms with Crippen molar-refractivity contribution in [2.45, 2.75) is 18.9 Å². The quantitative estimate of drug-likeness (QED) is 0.516. The Labute approximate surface area is 59.6 Å². The van der Waals surface area contributed by atoms with Gasteiger partial charge in [-0.3, -0.25) is 4.79 Å². The highest BCUT2D eigenvalue weighted by atomic mass is 16.3. The van der Waals surface area contributed by atoms with E-state index in [1.165, 1.54) is 4.90 Å². The molecule has 0 aromatic rings. The highest BCUT2D eigenvalue weighted by Gasteiger charge is 2.28. The number of nitrogens with zero attached hydrogens (tertiary/aromatic N) is 1. The Hall–Kier alpha value is -0.610. The SMILES string of the molecule is NCN1C(=O)CCC1CO. The van der Waals surface area contributed by atoms with E-state index in [2.05, 4.69) is 0 Å². The molecule has 0 spiro atoms. The van der Waals surface area contributed by atoms with E-state index < -0.39 is 0 Å². The lowest BCUT2D eigenvalue weighted by Crippen LogP contribution is -2.39. The first-order valence-corrected chi connectivity index (χ1v) is 3.40. The number of carbonyl (C=O) groups is 1. The van der Waals surface area contributed by atoms with E-state index >= 15 is 0 Å². The smallest absolute Gasteiger partial charge is 0.223 e. The summed E-state index contributed by atoms with van der Waals surface area (Å²) in [5.41, 5.74) is 5.28. The molecule has 3 N–H and O–H groups in total. The molecule has 4 heteroatoms. The lowest BCUT2D eigenvalue weighted by atomic mass is 10.2. The van der Waals surface area contributed by atoms with E-state index in [0.717, 1.165) is 6.42 Å². The molecule has 0 aromatic carbocycles. The van der Waals surface area contributed by atoms with Crippen molar-refractivity contribution in [2.75, 3.05) is 13.3 Å². The number of aliphatic hydroxyl groups is 1. The van der Waals surface area contributed by atoms with Crippen LogP contribution in [0.15, 0.2) is 0 Å². The van der Waals surface area contributed by atoms with Crippen LogP contribution in [0, 0.1) is 0 Å². The van der Waals surface area contributed by atoms with Gasteiger partial charge in [0.25, 0.3) is 0 Å². The van der Waals surface area contributed by atoms with Crippen LogP contribution in [0.3, 0.4) is 0 Å². The number of amides is 1. The first kappa shape index (κ1) is 7.50. The molecular formula is C6H12N2O2. The molecule has 1 aliphatic heterocycles. The molecule has 58 valence electrons. The number of hydrogen-bond donors (Lipinski definition) is 2. The highest BCUT2D eigenvalue weighted by molar-refractivity contribution is 5.78. The van der Waals surface area contributed by atoms with Gasteiger partial charge >= 0.3 is 0 Å². The molecule has 1 rings (SSSR count). The van der Waals surface area contributed by atoms with Gasteiger partial charge in [0.15, 0.2) is 0 Å². The number of aliphatic hydroxyl groups excluding tert-OH is 1. The van der Waals surface area contributed by atoms with Gasteiger partial charge in [-0.15, -0.1) is 0 Å². The van der Waals surface area contributed by atoms with E-state index in [1.807, 2.05) is 0 Å². The summed E-state index contributed by atoms with van der Waals surface area (Å²) in [6, 6.07) is -0.0301. The third-order valence-electron chi connectivity index (χ3n) is 1.86. The van der Waals surface area contributed by atoms with Gasteiger partial charge in [-0.2, -0.15) is 0 Å². The lowest BCUT2D eigenvalue weighted by Gasteiger charge is -2.20. The maximum absolute atomic E-state index is 10.9. The predicted octanol–water partition coefficient (Wildman–Crippen LogP) is -1.11. The average molecular weight is 144 g/mol. The van der Waals surface area contributed by atoms with Gasteiger partial charge in [0, 0.05) is 6.42 Å². The van der Waals surface area contributed by atoms with Gasteiger partial charge in [-0.05, 0) is 6.42 Å². The van der Waals surface area contributed by atoms with E-state index in [1.54, 1.807) is 0 Å². The van der Waals surface area contributed by atoms with E-state index in [9.17, 15) is 4.79 Å². The third-order valence-corrected chi connectivity index (χ3v) is 1.86. The molecule has 0 radical (unpaired) electrons. The molecule has 0 saturated carbocycles. The van der Waals surface area contributed by atoms with Crippen molar-refractivity contribution in [3.05, 3.63) is 0 Å². The van der Waals surface area contributed by atoms with E-state index in [-0.39, 0.29) is 25.2 Å². The van der Waals surface area contributed by atoms with Gasteiger partial charge in [-0.1, -0.05) is 0 Å². The molecule has 0 aromatic heterocycles. The van der Waals surface area contributed by atoms with Crippen molar-refractivity contribution < 1.29 is 9.90 Å². The van der Waals surface area contributed by atoms with Crippen LogP contribution in [-0.2, 0) is 4.79 Å². The van der Waals surface area contributed by atoms with Gasteiger partial charge in [-0.25, -0.2) is 0 Å². The van der Waals surface area contributed by atoms with Crippen LogP contribution >= 0.6 is 0 Å².